The molecular formula is C25H33NO6S2. The summed E-state index contributed by atoms with van der Waals surface area (Å²) in [6.45, 7) is 13.9. The zero-order valence-corrected chi connectivity index (χ0v) is 22.3. The summed E-state index contributed by atoms with van der Waals surface area (Å²) < 4.78 is 32.1. The van der Waals surface area contributed by atoms with Crippen LogP contribution in [0, 0.1) is 0 Å². The van der Waals surface area contributed by atoms with Crippen molar-refractivity contribution in [2.45, 2.75) is 69.1 Å². The summed E-state index contributed by atoms with van der Waals surface area (Å²) in [6, 6.07) is 8.85. The number of sulfonamides is 1. The molecule has 1 amide bonds. The number of ether oxygens (including phenoxy) is 1. The number of rotatable bonds is 7. The molecule has 0 aliphatic heterocycles. The maximum absolute atomic E-state index is 12.6. The Hall–Kier alpha value is -2.52. The first kappa shape index (κ1) is 27.7. The SMILES string of the molecule is CCOC(=O)c1ccc(S(=O)(=O)NC(=O)CSc2cc(C(C)(C)C)c(O)c(C(C)(C)C)c2)cc1. The Morgan fingerprint density at radius 1 is 0.971 bits per heavy atom. The maximum Gasteiger partial charge on any atom is 0.338 e. The van der Waals surface area contributed by atoms with E-state index in [-0.39, 0.29) is 39.4 Å². The van der Waals surface area contributed by atoms with Crippen LogP contribution in [0.2, 0.25) is 0 Å². The first-order valence-corrected chi connectivity index (χ1v) is 13.4. The summed E-state index contributed by atoms with van der Waals surface area (Å²) in [6.07, 6.45) is 0. The molecule has 0 atom stereocenters. The predicted molar refractivity (Wildman–Crippen MR) is 134 cm³/mol. The van der Waals surface area contributed by atoms with Crippen molar-refractivity contribution >= 4 is 33.7 Å². The Bertz CT molecular complexity index is 1120. The van der Waals surface area contributed by atoms with Gasteiger partial charge >= 0.3 is 5.97 Å². The van der Waals surface area contributed by atoms with Crippen LogP contribution < -0.4 is 4.72 Å². The molecule has 9 heteroatoms. The van der Waals surface area contributed by atoms with Crippen LogP contribution in [0.3, 0.4) is 0 Å². The van der Waals surface area contributed by atoms with E-state index < -0.39 is 21.9 Å². The van der Waals surface area contributed by atoms with Crippen LogP contribution in [0.25, 0.3) is 0 Å². The largest absolute Gasteiger partial charge is 0.507 e. The molecule has 0 aromatic heterocycles. The molecule has 7 nitrogen and oxygen atoms in total. The highest BCUT2D eigenvalue weighted by atomic mass is 32.2. The van der Waals surface area contributed by atoms with Crippen molar-refractivity contribution in [3.05, 3.63) is 53.1 Å². The van der Waals surface area contributed by atoms with Gasteiger partial charge in [-0.2, -0.15) is 0 Å². The average molecular weight is 508 g/mol. The van der Waals surface area contributed by atoms with E-state index in [1.54, 1.807) is 6.92 Å². The van der Waals surface area contributed by atoms with E-state index in [9.17, 15) is 23.1 Å². The fourth-order valence-electron chi connectivity index (χ4n) is 3.21. The van der Waals surface area contributed by atoms with Crippen LogP contribution in [-0.2, 0) is 30.4 Å². The lowest BCUT2D eigenvalue weighted by atomic mass is 9.79. The fraction of sp³-hybridized carbons (Fsp3) is 0.440. The molecule has 0 unspecified atom stereocenters. The molecule has 2 N–H and O–H groups in total. The monoisotopic (exact) mass is 507 g/mol. The van der Waals surface area contributed by atoms with Crippen LogP contribution in [0.15, 0.2) is 46.2 Å². The summed E-state index contributed by atoms with van der Waals surface area (Å²) in [4.78, 5) is 24.8. The number of hydrogen-bond acceptors (Lipinski definition) is 7. The Kier molecular flexibility index (Phi) is 8.48. The third-order valence-corrected chi connectivity index (χ3v) is 7.36. The van der Waals surface area contributed by atoms with Gasteiger partial charge in [-0.25, -0.2) is 17.9 Å². The number of phenols is 1. The molecule has 0 fully saturated rings. The van der Waals surface area contributed by atoms with E-state index in [1.165, 1.54) is 36.0 Å². The summed E-state index contributed by atoms with van der Waals surface area (Å²) in [5.74, 6) is -1.12. The third-order valence-electron chi connectivity index (χ3n) is 4.99. The molecule has 2 rings (SSSR count). The van der Waals surface area contributed by atoms with E-state index in [0.717, 1.165) is 16.0 Å². The third kappa shape index (κ3) is 6.99. The van der Waals surface area contributed by atoms with E-state index in [1.807, 2.05) is 53.7 Å². The van der Waals surface area contributed by atoms with Crippen LogP contribution in [0.5, 0.6) is 5.75 Å². The number of amides is 1. The topological polar surface area (TPSA) is 110 Å². The van der Waals surface area contributed by atoms with Crippen molar-refractivity contribution in [1.29, 1.82) is 0 Å². The number of benzene rings is 2. The fourth-order valence-corrected chi connectivity index (χ4v) is 5.05. The summed E-state index contributed by atoms with van der Waals surface area (Å²) in [5, 5.41) is 10.8. The number of carbonyl (C=O) groups excluding carboxylic acids is 2. The molecule has 34 heavy (non-hydrogen) atoms. The molecule has 0 heterocycles. The Labute approximate surface area is 206 Å². The Morgan fingerprint density at radius 3 is 1.91 bits per heavy atom. The molecule has 0 spiro atoms. The first-order chi connectivity index (χ1) is 15.6. The van der Waals surface area contributed by atoms with Gasteiger partial charge in [-0.15, -0.1) is 11.8 Å². The molecule has 0 aliphatic carbocycles. The number of phenolic OH excluding ortho intramolecular Hbond substituents is 1. The van der Waals surface area contributed by atoms with E-state index in [0.29, 0.717) is 0 Å². The average Bonchev–Trinajstić information content (AvgIpc) is 2.71. The van der Waals surface area contributed by atoms with Gasteiger partial charge in [0.05, 0.1) is 22.8 Å². The molecular weight excluding hydrogens is 474 g/mol. The highest BCUT2D eigenvalue weighted by molar-refractivity contribution is 8.00. The number of carbonyl (C=O) groups is 2. The van der Waals surface area contributed by atoms with Crippen LogP contribution in [0.4, 0.5) is 0 Å². The summed E-state index contributed by atoms with van der Waals surface area (Å²) >= 11 is 1.20. The number of hydrogen-bond donors (Lipinski definition) is 2. The molecule has 0 aliphatic rings. The van der Waals surface area contributed by atoms with Gasteiger partial charge in [0.2, 0.25) is 5.91 Å². The Balaban J connectivity index is 2.17. The minimum atomic E-state index is -4.09. The van der Waals surface area contributed by atoms with Gasteiger partial charge in [0.25, 0.3) is 10.0 Å². The second kappa shape index (κ2) is 10.4. The van der Waals surface area contributed by atoms with Crippen LogP contribution >= 0.6 is 11.8 Å². The highest BCUT2D eigenvalue weighted by Crippen LogP contribution is 2.41. The van der Waals surface area contributed by atoms with Crippen molar-refractivity contribution in [2.75, 3.05) is 12.4 Å². The van der Waals surface area contributed by atoms with E-state index in [2.05, 4.69) is 4.72 Å². The predicted octanol–water partition coefficient (Wildman–Crippen LogP) is 4.76. The lowest BCUT2D eigenvalue weighted by molar-refractivity contribution is -0.116. The van der Waals surface area contributed by atoms with Crippen molar-refractivity contribution in [1.82, 2.24) is 4.72 Å². The van der Waals surface area contributed by atoms with Gasteiger partial charge in [-0.3, -0.25) is 4.79 Å². The normalized spacial score (nSPS) is 12.3. The zero-order valence-electron chi connectivity index (χ0n) is 20.7. The minimum absolute atomic E-state index is 0.127. The van der Waals surface area contributed by atoms with E-state index in [4.69, 9.17) is 4.74 Å². The minimum Gasteiger partial charge on any atom is -0.507 e. The molecule has 0 saturated carbocycles. The second-order valence-electron chi connectivity index (χ2n) is 9.93. The summed E-state index contributed by atoms with van der Waals surface area (Å²) in [5.41, 5.74) is 1.11. The molecule has 2 aromatic rings. The van der Waals surface area contributed by atoms with Crippen molar-refractivity contribution in [2.24, 2.45) is 0 Å². The van der Waals surface area contributed by atoms with Crippen LogP contribution in [0.1, 0.15) is 70.0 Å². The highest BCUT2D eigenvalue weighted by Gasteiger charge is 2.27. The van der Waals surface area contributed by atoms with Gasteiger partial charge < -0.3 is 9.84 Å². The van der Waals surface area contributed by atoms with Gasteiger partial charge in [-0.05, 0) is 54.2 Å². The molecule has 0 bridgehead atoms. The molecule has 0 saturated heterocycles. The number of aromatic hydroxyl groups is 1. The molecule has 2 aromatic carbocycles. The quantitative estimate of drug-likeness (QED) is 0.411. The standard InChI is InChI=1S/C25H33NO6S2/c1-8-32-23(29)16-9-11-18(12-10-16)34(30,31)26-21(27)15-33-17-13-19(24(2,3)4)22(28)20(14-17)25(5,6)7/h9-14,28H,8,15H2,1-7H3,(H,26,27). The number of nitrogens with one attached hydrogen (secondary N) is 1. The molecule has 186 valence electrons. The smallest absolute Gasteiger partial charge is 0.338 e. The lowest BCUT2D eigenvalue weighted by Gasteiger charge is -2.28. The lowest BCUT2D eigenvalue weighted by Crippen LogP contribution is -2.32. The van der Waals surface area contributed by atoms with Crippen molar-refractivity contribution in [3.8, 4) is 5.75 Å². The van der Waals surface area contributed by atoms with Crippen molar-refractivity contribution < 1.29 is 27.9 Å². The van der Waals surface area contributed by atoms with Gasteiger partial charge in [0.15, 0.2) is 0 Å². The van der Waals surface area contributed by atoms with Gasteiger partial charge in [0.1, 0.15) is 5.75 Å². The number of thioether (sulfide) groups is 1. The summed E-state index contributed by atoms with van der Waals surface area (Å²) in [7, 11) is -4.09. The Morgan fingerprint density at radius 2 is 1.47 bits per heavy atom. The van der Waals surface area contributed by atoms with Crippen molar-refractivity contribution in [3.63, 3.8) is 0 Å². The zero-order chi connectivity index (χ0) is 25.9. The maximum atomic E-state index is 12.6. The van der Waals surface area contributed by atoms with Gasteiger partial charge in [-0.1, -0.05) is 41.5 Å². The number of esters is 1. The van der Waals surface area contributed by atoms with E-state index >= 15 is 0 Å². The van der Waals surface area contributed by atoms with Gasteiger partial charge in [0, 0.05) is 16.0 Å². The van der Waals surface area contributed by atoms with Crippen LogP contribution in [-0.4, -0.2) is 37.8 Å². The molecule has 0 radical (unpaired) electrons. The second-order valence-corrected chi connectivity index (χ2v) is 12.7. The first-order valence-electron chi connectivity index (χ1n) is 10.9.